The number of anilines is 2. The van der Waals surface area contributed by atoms with Crippen molar-refractivity contribution < 1.29 is 4.74 Å². The van der Waals surface area contributed by atoms with Gasteiger partial charge in [-0.05, 0) is 140 Å². The summed E-state index contributed by atoms with van der Waals surface area (Å²) in [6, 6.07) is 25.7. The van der Waals surface area contributed by atoms with E-state index in [0.717, 1.165) is 84.0 Å². The second-order valence-corrected chi connectivity index (χ2v) is 31.0. The molecular weight excluding hydrogens is 1240 g/mol. The van der Waals surface area contributed by atoms with E-state index in [0.29, 0.717) is 63.1 Å². The average Bonchev–Trinajstić information content (AvgIpc) is 1.63. The van der Waals surface area contributed by atoms with Crippen LogP contribution in [0.15, 0.2) is 102 Å². The highest BCUT2D eigenvalue weighted by Gasteiger charge is 2.26. The Bertz CT molecular complexity index is 3880. The van der Waals surface area contributed by atoms with Crippen molar-refractivity contribution in [2.45, 2.75) is 225 Å². The topological polar surface area (TPSA) is 170 Å². The van der Waals surface area contributed by atoms with Crippen LogP contribution in [0.2, 0.25) is 0 Å². The highest BCUT2D eigenvalue weighted by Crippen LogP contribution is 2.46. The summed E-state index contributed by atoms with van der Waals surface area (Å²) in [4.78, 5) is 49.0. The number of fused-ring (bicyclic) bond motifs is 20. The summed E-state index contributed by atoms with van der Waals surface area (Å²) in [6.45, 7) is 13.7. The van der Waals surface area contributed by atoms with Gasteiger partial charge in [-0.2, -0.15) is 0 Å². The number of rotatable bonds is 38. The number of nitrogen functional groups attached to an aromatic ring is 2. The Morgan fingerprint density at radius 2 is 0.582 bits per heavy atom. The van der Waals surface area contributed by atoms with E-state index in [1.54, 1.807) is 12.1 Å². The van der Waals surface area contributed by atoms with E-state index in [4.69, 9.17) is 46.1 Å². The quantitative estimate of drug-likeness (QED) is 0.0164. The van der Waals surface area contributed by atoms with Gasteiger partial charge in [0.05, 0.1) is 11.4 Å². The summed E-state index contributed by atoms with van der Waals surface area (Å²) in [5.41, 5.74) is 19.9. The van der Waals surface area contributed by atoms with Gasteiger partial charge in [0.25, 0.3) is 0 Å². The van der Waals surface area contributed by atoms with Crippen molar-refractivity contribution in [1.29, 1.82) is 0 Å². The molecule has 0 unspecified atom stereocenters. The summed E-state index contributed by atoms with van der Waals surface area (Å²) >= 11 is 11.9. The molecule has 3 aromatic heterocycles. The van der Waals surface area contributed by atoms with Crippen molar-refractivity contribution >= 4 is 126 Å². The molecule has 2 aliphatic rings. The van der Waals surface area contributed by atoms with Crippen LogP contribution in [0.3, 0.4) is 0 Å². The van der Waals surface area contributed by atoms with Gasteiger partial charge in [0, 0.05) is 79.2 Å². The first-order chi connectivity index (χ1) is 44.7. The maximum atomic E-state index is 6.55. The van der Waals surface area contributed by atoms with Crippen molar-refractivity contribution in [3.8, 4) is 57.1 Å². The number of nitrogens with two attached hydrogens (primary N) is 2. The zero-order chi connectivity index (χ0) is 63.3. The van der Waals surface area contributed by atoms with Crippen LogP contribution in [0.4, 0.5) is 11.4 Å². The lowest BCUT2D eigenvalue weighted by Crippen LogP contribution is -1.95. The zero-order valence-corrected chi connectivity index (χ0v) is 59.7. The lowest BCUT2D eigenvalue weighted by molar-refractivity contribution is 0.483. The fraction of sp³-hybridized carbons (Fsp3) is 0.486. The monoisotopic (exact) mass is 1330 g/mol. The number of thioether (sulfide) groups is 6. The largest absolute Gasteiger partial charge is 0.457 e. The Morgan fingerprint density at radius 3 is 0.901 bits per heavy atom. The minimum Gasteiger partial charge on any atom is -0.457 e. The van der Waals surface area contributed by atoms with Crippen molar-refractivity contribution in [1.82, 2.24) is 39.9 Å². The number of hydrogen-bond donors (Lipinski definition) is 4. The average molecular weight is 1330 g/mol. The molecule has 0 fully saturated rings. The summed E-state index contributed by atoms with van der Waals surface area (Å²) in [6.07, 6.45) is 29.2. The molecule has 0 amide bonds. The third-order valence-corrected chi connectivity index (χ3v) is 24.1. The molecule has 0 saturated heterocycles. The maximum absolute atomic E-state index is 6.55. The van der Waals surface area contributed by atoms with Crippen LogP contribution >= 0.6 is 70.6 Å². The van der Waals surface area contributed by atoms with E-state index in [2.05, 4.69) is 94.0 Å². The smallest absolute Gasteiger partial charge is 0.164 e. The Morgan fingerprint density at radius 1 is 0.297 bits per heavy atom. The highest BCUT2D eigenvalue weighted by atomic mass is 32.2. The molecule has 2 aliphatic heterocycles. The third-order valence-electron chi connectivity index (χ3n) is 16.8. The number of benzene rings is 5. The first-order valence-corrected chi connectivity index (χ1v) is 40.2. The highest BCUT2D eigenvalue weighted by molar-refractivity contribution is 8.03. The fourth-order valence-electron chi connectivity index (χ4n) is 11.5. The van der Waals surface area contributed by atoms with Crippen LogP contribution in [-0.4, -0.2) is 74.4 Å². The Kier molecular flexibility index (Phi) is 26.8. The molecule has 8 aromatic rings. The van der Waals surface area contributed by atoms with Crippen LogP contribution in [0, 0.1) is 0 Å². The van der Waals surface area contributed by atoms with Crippen molar-refractivity contribution in [3.05, 3.63) is 72.8 Å². The van der Waals surface area contributed by atoms with Crippen molar-refractivity contribution in [2.75, 3.05) is 46.0 Å². The van der Waals surface area contributed by atoms with Gasteiger partial charge in [0.15, 0.2) is 23.3 Å². The van der Waals surface area contributed by atoms with Gasteiger partial charge in [0.1, 0.15) is 34.1 Å². The number of ether oxygens (including phenoxy) is 1. The number of nitrogens with one attached hydrogen (secondary N) is 2. The van der Waals surface area contributed by atoms with Crippen molar-refractivity contribution in [3.63, 3.8) is 0 Å². The molecule has 91 heavy (non-hydrogen) atoms. The van der Waals surface area contributed by atoms with Gasteiger partial charge in [-0.15, -0.1) is 70.6 Å². The number of H-pyrrole nitrogens is 2. The van der Waals surface area contributed by atoms with E-state index < -0.39 is 0 Å². The molecule has 484 valence electrons. The minimum atomic E-state index is 0.459. The Hall–Kier alpha value is -5.04. The van der Waals surface area contributed by atoms with Crippen LogP contribution < -0.4 is 16.2 Å². The summed E-state index contributed by atoms with van der Waals surface area (Å²) in [5.74, 6) is 9.88. The van der Waals surface area contributed by atoms with Crippen LogP contribution in [0.25, 0.3) is 89.7 Å². The molecule has 10 rings (SSSR count). The molecule has 5 heterocycles. The normalized spacial score (nSPS) is 12.0. The van der Waals surface area contributed by atoms with E-state index >= 15 is 0 Å². The lowest BCUT2D eigenvalue weighted by Gasteiger charge is -2.12. The number of unbranched alkanes of at least 4 members (excludes halogenated alkanes) is 18. The second kappa shape index (κ2) is 35.5. The van der Waals surface area contributed by atoms with E-state index in [1.165, 1.54) is 183 Å². The van der Waals surface area contributed by atoms with Crippen LogP contribution in [0.5, 0.6) is 11.5 Å². The van der Waals surface area contributed by atoms with E-state index in [9.17, 15) is 0 Å². The molecule has 0 atom stereocenters. The van der Waals surface area contributed by atoms with Gasteiger partial charge in [-0.1, -0.05) is 157 Å². The lowest BCUT2D eigenvalue weighted by atomic mass is 10.1. The molecule has 5 aromatic carbocycles. The van der Waals surface area contributed by atoms with Gasteiger partial charge in [-0.25, -0.2) is 29.9 Å². The molecule has 6 N–H and O–H groups in total. The minimum absolute atomic E-state index is 0.459. The first kappa shape index (κ1) is 68.8. The standard InChI is InChI=1S/C74H96N10OS6/c1-7-13-19-25-35-86-61-43-53-54(44-62(61)87-36-26-20-14-8-2)71-80-69(53)78-67-51-33-31-49(85-50-32-34-59(75)60(76)42-50)41-52(51)68(77-67)79-70-55-45-63(88-37-27-21-15-9-3)64(89-38-28-22-16-10-4)46-56(55)72(81-70)83-74-58-48-66(91-40-30-24-18-12-6)65(90-39-29-23-17-11-5)47-57(58)73(82-71)84-74/h31-34,41-48H,7-30,35-40,75-76H2,1-6H3,(H2,77,78,79,80,81,82,83,84). The number of hydrogen-bond acceptors (Lipinski definition) is 15. The number of nitrogens with zero attached hydrogens (tertiary/aromatic N) is 6. The van der Waals surface area contributed by atoms with E-state index in [-0.39, 0.29) is 0 Å². The summed E-state index contributed by atoms with van der Waals surface area (Å²) in [7, 11) is 0. The Labute approximate surface area is 567 Å². The second-order valence-electron chi connectivity index (χ2n) is 24.2. The first-order valence-electron chi connectivity index (χ1n) is 34.3. The molecule has 0 aliphatic carbocycles. The molecule has 0 spiro atoms. The van der Waals surface area contributed by atoms with Gasteiger partial charge in [-0.3, -0.25) is 0 Å². The predicted octanol–water partition coefficient (Wildman–Crippen LogP) is 23.9. The molecule has 11 nitrogen and oxygen atoms in total. The number of aromatic nitrogens is 8. The zero-order valence-electron chi connectivity index (χ0n) is 54.8. The van der Waals surface area contributed by atoms with Crippen LogP contribution in [0.1, 0.15) is 196 Å². The van der Waals surface area contributed by atoms with Crippen LogP contribution in [-0.2, 0) is 0 Å². The molecule has 17 heteroatoms. The maximum Gasteiger partial charge on any atom is 0.164 e. The van der Waals surface area contributed by atoms with E-state index in [1.807, 2.05) is 88.8 Å². The molecule has 8 bridgehead atoms. The SMILES string of the molecule is CCCCCCSc1cc2c(cc1SCCCCCC)-c1nc-2nc2[nH]c(nc3nc(nc4[nH]c(n1)c1cc(SCCCCCC)c(SCCCCCC)cc41)-c1cc(Oc4ccc(N)c(N)c4)ccc1-3)c1cc(SCCCCCC)c(SCCCCCC)cc21. The van der Waals surface area contributed by atoms with Gasteiger partial charge >= 0.3 is 0 Å². The predicted molar refractivity (Wildman–Crippen MR) is 401 cm³/mol. The van der Waals surface area contributed by atoms with Crippen molar-refractivity contribution in [2.24, 2.45) is 0 Å². The Balaban J connectivity index is 1.26. The third kappa shape index (κ3) is 18.3. The molecule has 0 radical (unpaired) electrons. The molecule has 0 saturated carbocycles. The van der Waals surface area contributed by atoms with Gasteiger partial charge < -0.3 is 26.2 Å². The fourth-order valence-corrected chi connectivity index (χ4v) is 18.4. The molecular formula is C74H96N10OS6. The van der Waals surface area contributed by atoms with Gasteiger partial charge in [0.2, 0.25) is 0 Å². The summed E-state index contributed by atoms with van der Waals surface area (Å²) < 4.78 is 6.55. The summed E-state index contributed by atoms with van der Waals surface area (Å²) in [5, 5.41) is 3.98. The number of aromatic amines is 2.